The van der Waals surface area contributed by atoms with Crippen molar-refractivity contribution in [3.63, 3.8) is 0 Å². The van der Waals surface area contributed by atoms with Crippen LogP contribution in [0.1, 0.15) is 25.1 Å². The van der Waals surface area contributed by atoms with Gasteiger partial charge in [-0.15, -0.1) is 11.3 Å². The zero-order chi connectivity index (χ0) is 11.8. The molecule has 1 aromatic heterocycles. The SMILES string of the molecule is CC(C)CCNC(=O)CNCc1cccs1. The van der Waals surface area contributed by atoms with Crippen LogP contribution in [0.4, 0.5) is 0 Å². The Morgan fingerprint density at radius 3 is 2.94 bits per heavy atom. The minimum Gasteiger partial charge on any atom is -0.355 e. The number of thiophene rings is 1. The molecule has 1 heterocycles. The van der Waals surface area contributed by atoms with Crippen LogP contribution in [0.5, 0.6) is 0 Å². The van der Waals surface area contributed by atoms with E-state index in [1.54, 1.807) is 11.3 Å². The molecule has 1 aromatic rings. The number of hydrogen-bond donors (Lipinski definition) is 2. The molecule has 0 spiro atoms. The Bertz CT molecular complexity index is 296. The van der Waals surface area contributed by atoms with Crippen molar-refractivity contribution >= 4 is 17.2 Å². The summed E-state index contributed by atoms with van der Waals surface area (Å²) in [4.78, 5) is 12.6. The van der Waals surface area contributed by atoms with Gasteiger partial charge in [0.1, 0.15) is 0 Å². The van der Waals surface area contributed by atoms with E-state index in [-0.39, 0.29) is 5.91 Å². The fourth-order valence-electron chi connectivity index (χ4n) is 1.28. The molecule has 0 atom stereocenters. The molecule has 0 aliphatic rings. The van der Waals surface area contributed by atoms with E-state index in [9.17, 15) is 4.79 Å². The minimum atomic E-state index is 0.0807. The third kappa shape index (κ3) is 5.88. The summed E-state index contributed by atoms with van der Waals surface area (Å²) in [5.41, 5.74) is 0. The lowest BCUT2D eigenvalue weighted by Crippen LogP contribution is -2.34. The normalized spacial score (nSPS) is 10.7. The average Bonchev–Trinajstić information content (AvgIpc) is 2.70. The van der Waals surface area contributed by atoms with Gasteiger partial charge in [0.15, 0.2) is 0 Å². The largest absolute Gasteiger partial charge is 0.355 e. The highest BCUT2D eigenvalue weighted by atomic mass is 32.1. The van der Waals surface area contributed by atoms with Gasteiger partial charge in [-0.05, 0) is 23.8 Å². The van der Waals surface area contributed by atoms with Crippen LogP contribution in [0.2, 0.25) is 0 Å². The van der Waals surface area contributed by atoms with E-state index in [2.05, 4.69) is 30.5 Å². The zero-order valence-electron chi connectivity index (χ0n) is 9.95. The van der Waals surface area contributed by atoms with E-state index in [0.29, 0.717) is 12.5 Å². The lowest BCUT2D eigenvalue weighted by Gasteiger charge is -2.07. The molecular weight excluding hydrogens is 220 g/mol. The molecule has 4 heteroatoms. The first kappa shape index (κ1) is 13.2. The Balaban J connectivity index is 2.02. The summed E-state index contributed by atoms with van der Waals surface area (Å²) in [6.07, 6.45) is 1.04. The van der Waals surface area contributed by atoms with Gasteiger partial charge in [0.05, 0.1) is 6.54 Å². The highest BCUT2D eigenvalue weighted by molar-refractivity contribution is 7.09. The van der Waals surface area contributed by atoms with E-state index in [1.807, 2.05) is 11.4 Å². The van der Waals surface area contributed by atoms with E-state index in [0.717, 1.165) is 19.5 Å². The molecule has 1 amide bonds. The predicted octanol–water partition coefficient (Wildman–Crippen LogP) is 2.00. The van der Waals surface area contributed by atoms with Crippen molar-refractivity contribution < 1.29 is 4.79 Å². The van der Waals surface area contributed by atoms with Crippen molar-refractivity contribution in [3.05, 3.63) is 22.4 Å². The third-order valence-electron chi connectivity index (χ3n) is 2.21. The van der Waals surface area contributed by atoms with Gasteiger partial charge in [0.25, 0.3) is 0 Å². The lowest BCUT2D eigenvalue weighted by atomic mass is 10.1. The van der Waals surface area contributed by atoms with Crippen LogP contribution in [0.25, 0.3) is 0 Å². The fourth-order valence-corrected chi connectivity index (χ4v) is 1.95. The first-order valence-electron chi connectivity index (χ1n) is 5.68. The van der Waals surface area contributed by atoms with Crippen LogP contribution in [0, 0.1) is 5.92 Å². The lowest BCUT2D eigenvalue weighted by molar-refractivity contribution is -0.120. The summed E-state index contributed by atoms with van der Waals surface area (Å²) in [6, 6.07) is 4.08. The smallest absolute Gasteiger partial charge is 0.233 e. The first-order valence-corrected chi connectivity index (χ1v) is 6.56. The molecule has 0 radical (unpaired) electrons. The summed E-state index contributed by atoms with van der Waals surface area (Å²) in [7, 11) is 0. The van der Waals surface area contributed by atoms with Gasteiger partial charge in [0, 0.05) is 18.0 Å². The Morgan fingerprint density at radius 1 is 1.50 bits per heavy atom. The van der Waals surface area contributed by atoms with Gasteiger partial charge in [-0.1, -0.05) is 19.9 Å². The first-order chi connectivity index (χ1) is 7.68. The van der Waals surface area contributed by atoms with Crippen molar-refractivity contribution in [1.29, 1.82) is 0 Å². The van der Waals surface area contributed by atoms with Crippen LogP contribution in [0.3, 0.4) is 0 Å². The number of nitrogens with one attached hydrogen (secondary N) is 2. The molecule has 0 aromatic carbocycles. The average molecular weight is 240 g/mol. The second-order valence-electron chi connectivity index (χ2n) is 4.22. The Morgan fingerprint density at radius 2 is 2.31 bits per heavy atom. The number of rotatable bonds is 7. The molecule has 0 bridgehead atoms. The van der Waals surface area contributed by atoms with Gasteiger partial charge < -0.3 is 10.6 Å². The van der Waals surface area contributed by atoms with Crippen molar-refractivity contribution in [2.75, 3.05) is 13.1 Å². The molecule has 0 saturated carbocycles. The molecule has 16 heavy (non-hydrogen) atoms. The Hall–Kier alpha value is -0.870. The second kappa shape index (κ2) is 7.41. The maximum absolute atomic E-state index is 11.4. The van der Waals surface area contributed by atoms with Crippen molar-refractivity contribution in [2.45, 2.75) is 26.8 Å². The quantitative estimate of drug-likeness (QED) is 0.765. The summed E-state index contributed by atoms with van der Waals surface area (Å²) in [5, 5.41) is 8.06. The van der Waals surface area contributed by atoms with Crippen molar-refractivity contribution in [3.8, 4) is 0 Å². The summed E-state index contributed by atoms with van der Waals surface area (Å²) < 4.78 is 0. The van der Waals surface area contributed by atoms with Gasteiger partial charge in [-0.25, -0.2) is 0 Å². The topological polar surface area (TPSA) is 41.1 Å². The Labute approximate surface area is 101 Å². The molecular formula is C12H20N2OS. The molecule has 2 N–H and O–H groups in total. The van der Waals surface area contributed by atoms with E-state index < -0.39 is 0 Å². The van der Waals surface area contributed by atoms with E-state index >= 15 is 0 Å². The van der Waals surface area contributed by atoms with E-state index in [1.165, 1.54) is 4.88 Å². The molecule has 0 aliphatic carbocycles. The molecule has 0 aliphatic heterocycles. The van der Waals surface area contributed by atoms with Crippen LogP contribution in [0.15, 0.2) is 17.5 Å². The van der Waals surface area contributed by atoms with E-state index in [4.69, 9.17) is 0 Å². The van der Waals surface area contributed by atoms with Gasteiger partial charge in [0.2, 0.25) is 5.91 Å². The maximum Gasteiger partial charge on any atom is 0.233 e. The summed E-state index contributed by atoms with van der Waals surface area (Å²) in [6.45, 7) is 6.25. The standard InChI is InChI=1S/C12H20N2OS/c1-10(2)5-6-14-12(15)9-13-8-11-4-3-7-16-11/h3-4,7,10,13H,5-6,8-9H2,1-2H3,(H,14,15). The second-order valence-corrected chi connectivity index (χ2v) is 5.25. The zero-order valence-corrected chi connectivity index (χ0v) is 10.8. The molecule has 0 saturated heterocycles. The maximum atomic E-state index is 11.4. The highest BCUT2D eigenvalue weighted by Gasteiger charge is 2.01. The third-order valence-corrected chi connectivity index (χ3v) is 3.09. The van der Waals surface area contributed by atoms with Crippen LogP contribution < -0.4 is 10.6 Å². The van der Waals surface area contributed by atoms with Gasteiger partial charge in [-0.3, -0.25) is 4.79 Å². The number of carbonyl (C=O) groups is 1. The van der Waals surface area contributed by atoms with Crippen molar-refractivity contribution in [1.82, 2.24) is 10.6 Å². The minimum absolute atomic E-state index is 0.0807. The number of hydrogen-bond acceptors (Lipinski definition) is 3. The van der Waals surface area contributed by atoms with Gasteiger partial charge in [-0.2, -0.15) is 0 Å². The highest BCUT2D eigenvalue weighted by Crippen LogP contribution is 2.06. The summed E-state index contributed by atoms with van der Waals surface area (Å²) in [5.74, 6) is 0.719. The molecule has 0 unspecified atom stereocenters. The number of carbonyl (C=O) groups excluding carboxylic acids is 1. The predicted molar refractivity (Wildman–Crippen MR) is 68.5 cm³/mol. The Kier molecular flexibility index (Phi) is 6.11. The van der Waals surface area contributed by atoms with Gasteiger partial charge >= 0.3 is 0 Å². The fraction of sp³-hybridized carbons (Fsp3) is 0.583. The number of amides is 1. The van der Waals surface area contributed by atoms with Crippen LogP contribution in [-0.4, -0.2) is 19.0 Å². The van der Waals surface area contributed by atoms with Crippen LogP contribution >= 0.6 is 11.3 Å². The monoisotopic (exact) mass is 240 g/mol. The van der Waals surface area contributed by atoms with Crippen molar-refractivity contribution in [2.24, 2.45) is 5.92 Å². The summed E-state index contributed by atoms with van der Waals surface area (Å²) >= 11 is 1.70. The molecule has 1 rings (SSSR count). The van der Waals surface area contributed by atoms with Crippen LogP contribution in [-0.2, 0) is 11.3 Å². The molecule has 90 valence electrons. The molecule has 0 fully saturated rings. The molecule has 3 nitrogen and oxygen atoms in total.